The maximum atomic E-state index is 4.46. The number of hydrogen-bond acceptors (Lipinski definition) is 8. The molecule has 0 atom stereocenters. The molecule has 148 valence electrons. The van der Waals surface area contributed by atoms with Crippen molar-refractivity contribution in [2.45, 2.75) is 6.54 Å². The second-order valence-electron chi connectivity index (χ2n) is 6.29. The van der Waals surface area contributed by atoms with Crippen LogP contribution in [0.4, 0.5) is 23.5 Å². The van der Waals surface area contributed by atoms with Crippen LogP contribution in [0, 0.1) is 0 Å². The molecule has 0 aliphatic heterocycles. The summed E-state index contributed by atoms with van der Waals surface area (Å²) in [6, 6.07) is 23.5. The van der Waals surface area contributed by atoms with E-state index in [9.17, 15) is 0 Å². The van der Waals surface area contributed by atoms with Gasteiger partial charge in [-0.15, -0.1) is 0 Å². The van der Waals surface area contributed by atoms with E-state index in [0.29, 0.717) is 24.4 Å². The molecule has 0 spiro atoms. The minimum absolute atomic E-state index is 0.319. The van der Waals surface area contributed by atoms with E-state index in [1.165, 1.54) is 0 Å². The van der Waals surface area contributed by atoms with Crippen molar-refractivity contribution in [2.24, 2.45) is 5.10 Å². The summed E-state index contributed by atoms with van der Waals surface area (Å²) in [5, 5.41) is 10.6. The van der Waals surface area contributed by atoms with Crippen LogP contribution in [0.2, 0.25) is 0 Å². The standard InChI is InChI=1S/C22H20N8/c1-3-8-17(9-4-1)15-24-20-27-21(26-19-11-5-2-6-12-19)29-22(28-20)30-25-16-18-10-7-13-23-14-18/h1-14,16H,15H2,(H3,24,26,27,28,29,30). The van der Waals surface area contributed by atoms with Gasteiger partial charge >= 0.3 is 0 Å². The molecular weight excluding hydrogens is 376 g/mol. The lowest BCUT2D eigenvalue weighted by atomic mass is 10.2. The van der Waals surface area contributed by atoms with Gasteiger partial charge in [-0.2, -0.15) is 20.1 Å². The third kappa shape index (κ3) is 5.59. The number of rotatable bonds is 8. The summed E-state index contributed by atoms with van der Waals surface area (Å²) in [7, 11) is 0. The quantitative estimate of drug-likeness (QED) is 0.305. The van der Waals surface area contributed by atoms with Gasteiger partial charge in [-0.05, 0) is 23.8 Å². The summed E-state index contributed by atoms with van der Waals surface area (Å²) in [6.45, 7) is 0.591. The maximum absolute atomic E-state index is 4.46. The number of nitrogens with one attached hydrogen (secondary N) is 3. The van der Waals surface area contributed by atoms with Gasteiger partial charge in [0.15, 0.2) is 0 Å². The van der Waals surface area contributed by atoms with Crippen LogP contribution in [0.5, 0.6) is 0 Å². The van der Waals surface area contributed by atoms with E-state index in [1.54, 1.807) is 18.6 Å². The van der Waals surface area contributed by atoms with Gasteiger partial charge in [0.2, 0.25) is 17.8 Å². The van der Waals surface area contributed by atoms with Gasteiger partial charge in [0.25, 0.3) is 0 Å². The van der Waals surface area contributed by atoms with Gasteiger partial charge in [0, 0.05) is 30.2 Å². The Labute approximate surface area is 174 Å². The molecule has 0 radical (unpaired) electrons. The largest absolute Gasteiger partial charge is 0.350 e. The lowest BCUT2D eigenvalue weighted by Gasteiger charge is -2.10. The Bertz CT molecular complexity index is 1090. The van der Waals surface area contributed by atoms with Crippen LogP contribution in [0.1, 0.15) is 11.1 Å². The fraction of sp³-hybridized carbons (Fsp3) is 0.0455. The first-order valence-electron chi connectivity index (χ1n) is 9.40. The van der Waals surface area contributed by atoms with E-state index in [4.69, 9.17) is 0 Å². The highest BCUT2D eigenvalue weighted by atomic mass is 15.4. The first-order valence-corrected chi connectivity index (χ1v) is 9.40. The average molecular weight is 396 g/mol. The van der Waals surface area contributed by atoms with E-state index < -0.39 is 0 Å². The number of para-hydroxylation sites is 1. The van der Waals surface area contributed by atoms with Crippen LogP contribution in [0.3, 0.4) is 0 Å². The molecule has 2 aromatic heterocycles. The zero-order chi connectivity index (χ0) is 20.4. The molecule has 0 bridgehead atoms. The minimum atomic E-state index is 0.319. The van der Waals surface area contributed by atoms with Gasteiger partial charge < -0.3 is 10.6 Å². The molecule has 0 saturated heterocycles. The molecule has 0 unspecified atom stereocenters. The monoisotopic (exact) mass is 396 g/mol. The normalized spacial score (nSPS) is 10.7. The highest BCUT2D eigenvalue weighted by Crippen LogP contribution is 2.16. The van der Waals surface area contributed by atoms with E-state index in [1.807, 2.05) is 72.8 Å². The van der Waals surface area contributed by atoms with Crippen molar-refractivity contribution in [1.29, 1.82) is 0 Å². The first kappa shape index (κ1) is 19.0. The lowest BCUT2D eigenvalue weighted by molar-refractivity contribution is 0.999. The predicted octanol–water partition coefficient (Wildman–Crippen LogP) is 4.07. The number of aromatic nitrogens is 4. The van der Waals surface area contributed by atoms with Crippen molar-refractivity contribution in [3.05, 3.63) is 96.3 Å². The molecule has 2 aromatic carbocycles. The van der Waals surface area contributed by atoms with E-state index >= 15 is 0 Å². The van der Waals surface area contributed by atoms with E-state index in [-0.39, 0.29) is 0 Å². The summed E-state index contributed by atoms with van der Waals surface area (Å²) in [5.41, 5.74) is 5.72. The Hall–Kier alpha value is -4.33. The van der Waals surface area contributed by atoms with Crippen LogP contribution in [-0.2, 0) is 6.54 Å². The number of pyridine rings is 1. The zero-order valence-electron chi connectivity index (χ0n) is 16.1. The SMILES string of the molecule is C(=NNc1nc(NCc2ccccc2)nc(Nc2ccccc2)n1)c1cccnc1. The van der Waals surface area contributed by atoms with Gasteiger partial charge in [-0.25, -0.2) is 5.43 Å². The number of nitrogens with zero attached hydrogens (tertiary/aromatic N) is 5. The predicted molar refractivity (Wildman–Crippen MR) is 119 cm³/mol. The number of anilines is 4. The Kier molecular flexibility index (Phi) is 6.17. The van der Waals surface area contributed by atoms with Gasteiger partial charge in [0.05, 0.1) is 6.21 Å². The third-order valence-corrected chi connectivity index (χ3v) is 4.02. The molecule has 8 heteroatoms. The van der Waals surface area contributed by atoms with Crippen molar-refractivity contribution in [2.75, 3.05) is 16.1 Å². The van der Waals surface area contributed by atoms with Gasteiger partial charge in [0.1, 0.15) is 0 Å². The van der Waals surface area contributed by atoms with Crippen molar-refractivity contribution in [3.63, 3.8) is 0 Å². The molecule has 3 N–H and O–H groups in total. The summed E-state index contributed by atoms with van der Waals surface area (Å²) in [5.74, 6) is 1.16. The highest BCUT2D eigenvalue weighted by molar-refractivity contribution is 5.79. The third-order valence-electron chi connectivity index (χ3n) is 4.02. The van der Waals surface area contributed by atoms with E-state index in [0.717, 1.165) is 16.8 Å². The maximum Gasteiger partial charge on any atom is 0.250 e. The van der Waals surface area contributed by atoms with E-state index in [2.05, 4.69) is 41.1 Å². The van der Waals surface area contributed by atoms with Crippen molar-refractivity contribution in [1.82, 2.24) is 19.9 Å². The molecule has 8 nitrogen and oxygen atoms in total. The molecule has 4 rings (SSSR count). The van der Waals surface area contributed by atoms with Gasteiger partial charge in [-0.3, -0.25) is 4.98 Å². The van der Waals surface area contributed by atoms with Crippen LogP contribution in [-0.4, -0.2) is 26.2 Å². The second-order valence-corrected chi connectivity index (χ2v) is 6.29. The zero-order valence-corrected chi connectivity index (χ0v) is 16.1. The van der Waals surface area contributed by atoms with Crippen LogP contribution in [0.25, 0.3) is 0 Å². The summed E-state index contributed by atoms with van der Waals surface area (Å²) in [4.78, 5) is 17.3. The molecule has 0 aliphatic rings. The summed E-state index contributed by atoms with van der Waals surface area (Å²) < 4.78 is 0. The number of benzene rings is 2. The van der Waals surface area contributed by atoms with Crippen molar-refractivity contribution >= 4 is 29.7 Å². The first-order chi connectivity index (χ1) is 14.8. The fourth-order valence-corrected chi connectivity index (χ4v) is 2.61. The van der Waals surface area contributed by atoms with Crippen LogP contribution in [0.15, 0.2) is 90.3 Å². The van der Waals surface area contributed by atoms with Crippen LogP contribution < -0.4 is 16.1 Å². The summed E-state index contributed by atoms with van der Waals surface area (Å²) >= 11 is 0. The molecular formula is C22H20N8. The van der Waals surface area contributed by atoms with Crippen LogP contribution >= 0.6 is 0 Å². The highest BCUT2D eigenvalue weighted by Gasteiger charge is 2.07. The lowest BCUT2D eigenvalue weighted by Crippen LogP contribution is -2.09. The van der Waals surface area contributed by atoms with Gasteiger partial charge in [-0.1, -0.05) is 54.6 Å². The minimum Gasteiger partial charge on any atom is -0.350 e. The molecule has 2 heterocycles. The average Bonchev–Trinajstić information content (AvgIpc) is 2.80. The topological polar surface area (TPSA) is 100 Å². The smallest absolute Gasteiger partial charge is 0.250 e. The Morgan fingerprint density at radius 3 is 2.27 bits per heavy atom. The summed E-state index contributed by atoms with van der Waals surface area (Å²) in [6.07, 6.45) is 5.08. The molecule has 0 saturated carbocycles. The Morgan fingerprint density at radius 2 is 1.50 bits per heavy atom. The molecule has 4 aromatic rings. The molecule has 0 aliphatic carbocycles. The molecule has 30 heavy (non-hydrogen) atoms. The Morgan fingerprint density at radius 1 is 0.767 bits per heavy atom. The number of hydrogen-bond donors (Lipinski definition) is 3. The fourth-order valence-electron chi connectivity index (χ4n) is 2.61. The molecule has 0 fully saturated rings. The number of hydrazone groups is 1. The van der Waals surface area contributed by atoms with Crippen molar-refractivity contribution < 1.29 is 0 Å². The Balaban J connectivity index is 1.52. The second kappa shape index (κ2) is 9.74. The molecule has 0 amide bonds. The van der Waals surface area contributed by atoms with Crippen molar-refractivity contribution in [3.8, 4) is 0 Å².